The molecule has 0 saturated carbocycles. The van der Waals surface area contributed by atoms with Gasteiger partial charge in [0.1, 0.15) is 17.4 Å². The topological polar surface area (TPSA) is 122 Å². The van der Waals surface area contributed by atoms with E-state index in [1.807, 2.05) is 48.5 Å². The van der Waals surface area contributed by atoms with E-state index in [0.717, 1.165) is 25.2 Å². The zero-order chi connectivity index (χ0) is 22.9. The third-order valence-electron chi connectivity index (χ3n) is 4.84. The predicted molar refractivity (Wildman–Crippen MR) is 123 cm³/mol. The Bertz CT molecular complexity index is 1200. The molecule has 1 aliphatic heterocycles. The SMILES string of the molecule is N#Cc1c(-c2ccccc2)nc(NN=Cc2cccc(OCCC3OCCCO3)c2)[nH]c1=O. The summed E-state index contributed by atoms with van der Waals surface area (Å²) in [5, 5.41) is 13.5. The summed E-state index contributed by atoms with van der Waals surface area (Å²) in [4.78, 5) is 19.2. The Balaban J connectivity index is 1.40. The molecule has 168 valence electrons. The Kier molecular flexibility index (Phi) is 7.43. The van der Waals surface area contributed by atoms with Gasteiger partial charge >= 0.3 is 0 Å². The molecule has 0 spiro atoms. The van der Waals surface area contributed by atoms with E-state index >= 15 is 0 Å². The molecule has 3 aromatic rings. The molecule has 0 bridgehead atoms. The lowest BCUT2D eigenvalue weighted by Gasteiger charge is -2.23. The van der Waals surface area contributed by atoms with Crippen LogP contribution in [0.2, 0.25) is 0 Å². The van der Waals surface area contributed by atoms with Crippen molar-refractivity contribution in [3.8, 4) is 23.1 Å². The van der Waals surface area contributed by atoms with Crippen molar-refractivity contribution >= 4 is 12.2 Å². The van der Waals surface area contributed by atoms with Gasteiger partial charge in [-0.25, -0.2) is 10.4 Å². The summed E-state index contributed by atoms with van der Waals surface area (Å²) in [7, 11) is 0. The van der Waals surface area contributed by atoms with Crippen molar-refractivity contribution < 1.29 is 14.2 Å². The van der Waals surface area contributed by atoms with Gasteiger partial charge in [0, 0.05) is 12.0 Å². The molecule has 4 rings (SSSR count). The lowest BCUT2D eigenvalue weighted by molar-refractivity contribution is -0.183. The van der Waals surface area contributed by atoms with E-state index in [1.165, 1.54) is 0 Å². The van der Waals surface area contributed by atoms with Crippen molar-refractivity contribution in [1.82, 2.24) is 9.97 Å². The molecule has 9 nitrogen and oxygen atoms in total. The highest BCUT2D eigenvalue weighted by atomic mass is 16.7. The van der Waals surface area contributed by atoms with Crippen LogP contribution in [-0.2, 0) is 9.47 Å². The smallest absolute Gasteiger partial charge is 0.270 e. The van der Waals surface area contributed by atoms with E-state index in [-0.39, 0.29) is 17.8 Å². The maximum Gasteiger partial charge on any atom is 0.270 e. The first-order valence-electron chi connectivity index (χ1n) is 10.6. The molecule has 2 N–H and O–H groups in total. The van der Waals surface area contributed by atoms with E-state index < -0.39 is 5.56 Å². The van der Waals surface area contributed by atoms with Crippen LogP contribution in [0.3, 0.4) is 0 Å². The van der Waals surface area contributed by atoms with Crippen molar-refractivity contribution in [3.05, 3.63) is 76.1 Å². The van der Waals surface area contributed by atoms with E-state index in [4.69, 9.17) is 14.2 Å². The van der Waals surface area contributed by atoms with Crippen LogP contribution >= 0.6 is 0 Å². The molecule has 0 amide bonds. The number of aromatic nitrogens is 2. The summed E-state index contributed by atoms with van der Waals surface area (Å²) in [5.74, 6) is 0.833. The first-order chi connectivity index (χ1) is 16.2. The zero-order valence-corrected chi connectivity index (χ0v) is 17.9. The van der Waals surface area contributed by atoms with Crippen LogP contribution in [0, 0.1) is 11.3 Å². The van der Waals surface area contributed by atoms with Gasteiger partial charge in [-0.2, -0.15) is 10.4 Å². The molecular weight excluding hydrogens is 422 g/mol. The van der Waals surface area contributed by atoms with Crippen LogP contribution in [-0.4, -0.2) is 42.3 Å². The Morgan fingerprint density at radius 3 is 2.82 bits per heavy atom. The average molecular weight is 445 g/mol. The fraction of sp³-hybridized carbons (Fsp3) is 0.250. The lowest BCUT2D eigenvalue weighted by atomic mass is 10.1. The molecule has 0 unspecified atom stereocenters. The highest BCUT2D eigenvalue weighted by Crippen LogP contribution is 2.19. The Labute approximate surface area is 190 Å². The summed E-state index contributed by atoms with van der Waals surface area (Å²) in [6.45, 7) is 1.91. The number of aromatic amines is 1. The third-order valence-corrected chi connectivity index (χ3v) is 4.84. The number of anilines is 1. The number of nitriles is 1. The molecule has 1 fully saturated rings. The van der Waals surface area contributed by atoms with Crippen molar-refractivity contribution in [3.63, 3.8) is 0 Å². The Hall–Kier alpha value is -4.00. The van der Waals surface area contributed by atoms with Crippen LogP contribution in [0.25, 0.3) is 11.3 Å². The van der Waals surface area contributed by atoms with Crippen molar-refractivity contribution in [2.75, 3.05) is 25.2 Å². The van der Waals surface area contributed by atoms with Crippen LogP contribution in [0.15, 0.2) is 64.5 Å². The zero-order valence-electron chi connectivity index (χ0n) is 17.9. The first kappa shape index (κ1) is 22.2. The summed E-state index contributed by atoms with van der Waals surface area (Å²) >= 11 is 0. The summed E-state index contributed by atoms with van der Waals surface area (Å²) in [5.41, 5.74) is 3.89. The summed E-state index contributed by atoms with van der Waals surface area (Å²) < 4.78 is 16.8. The number of ether oxygens (including phenoxy) is 3. The molecule has 2 heterocycles. The van der Waals surface area contributed by atoms with Gasteiger partial charge in [-0.15, -0.1) is 0 Å². The summed E-state index contributed by atoms with van der Waals surface area (Å²) in [6, 6.07) is 18.4. The van der Waals surface area contributed by atoms with Crippen LogP contribution in [0.5, 0.6) is 5.75 Å². The van der Waals surface area contributed by atoms with E-state index in [2.05, 4.69) is 20.5 Å². The van der Waals surface area contributed by atoms with Gasteiger partial charge in [-0.05, 0) is 24.1 Å². The van der Waals surface area contributed by atoms with E-state index in [9.17, 15) is 10.1 Å². The Morgan fingerprint density at radius 2 is 2.03 bits per heavy atom. The largest absolute Gasteiger partial charge is 0.493 e. The van der Waals surface area contributed by atoms with Gasteiger partial charge in [0.15, 0.2) is 6.29 Å². The maximum absolute atomic E-state index is 12.3. The van der Waals surface area contributed by atoms with Gasteiger partial charge in [-0.3, -0.25) is 9.78 Å². The highest BCUT2D eigenvalue weighted by Gasteiger charge is 2.14. The fourth-order valence-electron chi connectivity index (χ4n) is 3.26. The monoisotopic (exact) mass is 445 g/mol. The number of nitrogens with one attached hydrogen (secondary N) is 2. The standard InChI is InChI=1S/C24H23N5O4/c25-15-20-22(18-7-2-1-3-8-18)27-24(28-23(20)30)29-26-16-17-6-4-9-19(14-17)31-13-10-21-32-11-5-12-33-21/h1-4,6-9,14,16,21H,5,10-13H2,(H2,27,28,29,30). The average Bonchev–Trinajstić information content (AvgIpc) is 2.85. The number of hydrogen-bond acceptors (Lipinski definition) is 8. The van der Waals surface area contributed by atoms with Crippen molar-refractivity contribution in [2.24, 2.45) is 5.10 Å². The van der Waals surface area contributed by atoms with E-state index in [1.54, 1.807) is 18.3 Å². The quantitative estimate of drug-likeness (QED) is 0.403. The molecule has 0 radical (unpaired) electrons. The number of hydrogen-bond donors (Lipinski definition) is 2. The van der Waals surface area contributed by atoms with Gasteiger partial charge in [0.05, 0.1) is 31.7 Å². The summed E-state index contributed by atoms with van der Waals surface area (Å²) in [6.07, 6.45) is 2.95. The molecule has 33 heavy (non-hydrogen) atoms. The lowest BCUT2D eigenvalue weighted by Crippen LogP contribution is -2.26. The molecule has 9 heteroatoms. The fourth-order valence-corrected chi connectivity index (χ4v) is 3.26. The molecule has 1 saturated heterocycles. The minimum absolute atomic E-state index is 0.0513. The minimum Gasteiger partial charge on any atom is -0.493 e. The van der Waals surface area contributed by atoms with Gasteiger partial charge in [-0.1, -0.05) is 42.5 Å². The maximum atomic E-state index is 12.3. The second-order valence-corrected chi connectivity index (χ2v) is 7.22. The molecular formula is C24H23N5O4. The van der Waals surface area contributed by atoms with Crippen molar-refractivity contribution in [1.29, 1.82) is 5.26 Å². The van der Waals surface area contributed by atoms with Gasteiger partial charge in [0.2, 0.25) is 5.95 Å². The molecule has 2 aromatic carbocycles. The van der Waals surface area contributed by atoms with Crippen LogP contribution in [0.1, 0.15) is 24.0 Å². The Morgan fingerprint density at radius 1 is 1.21 bits per heavy atom. The van der Waals surface area contributed by atoms with Crippen molar-refractivity contribution in [2.45, 2.75) is 19.1 Å². The number of hydrazone groups is 1. The normalized spacial score (nSPS) is 14.2. The minimum atomic E-state index is -0.537. The molecule has 0 atom stereocenters. The predicted octanol–water partition coefficient (Wildman–Crippen LogP) is 3.29. The molecule has 0 aliphatic carbocycles. The first-order valence-corrected chi connectivity index (χ1v) is 10.6. The number of rotatable bonds is 8. The van der Waals surface area contributed by atoms with Gasteiger partial charge < -0.3 is 14.2 Å². The number of benzene rings is 2. The second-order valence-electron chi connectivity index (χ2n) is 7.22. The third kappa shape index (κ3) is 6.04. The van der Waals surface area contributed by atoms with Crippen LogP contribution in [0.4, 0.5) is 5.95 Å². The number of H-pyrrole nitrogens is 1. The van der Waals surface area contributed by atoms with E-state index in [0.29, 0.717) is 30.0 Å². The van der Waals surface area contributed by atoms with Gasteiger partial charge in [0.25, 0.3) is 5.56 Å². The number of nitrogens with zero attached hydrogens (tertiary/aromatic N) is 3. The van der Waals surface area contributed by atoms with Crippen LogP contribution < -0.4 is 15.7 Å². The highest BCUT2D eigenvalue weighted by molar-refractivity contribution is 5.80. The second kappa shape index (κ2) is 11.0. The molecule has 1 aromatic heterocycles. The molecule has 1 aliphatic rings.